The normalized spacial score (nSPS) is 32.2. The van der Waals surface area contributed by atoms with Crippen LogP contribution in [0.2, 0.25) is 0 Å². The van der Waals surface area contributed by atoms with Crippen molar-refractivity contribution in [1.29, 1.82) is 0 Å². The number of benzene rings is 2. The molecule has 1 aliphatic carbocycles. The first-order valence-electron chi connectivity index (χ1n) is 11.2. The van der Waals surface area contributed by atoms with Crippen LogP contribution in [0.3, 0.4) is 0 Å². The second-order valence-electron chi connectivity index (χ2n) is 9.60. The van der Waals surface area contributed by atoms with E-state index in [4.69, 9.17) is 0 Å². The van der Waals surface area contributed by atoms with Crippen LogP contribution in [0, 0.1) is 19.8 Å². The highest BCUT2D eigenvalue weighted by molar-refractivity contribution is 5.82. The number of carbonyl (C=O) groups is 1. The predicted octanol–water partition coefficient (Wildman–Crippen LogP) is 4.55. The fraction of sp³-hybridized carbons (Fsp3) is 0.500. The Kier molecular flexibility index (Phi) is 4.74. The predicted molar refractivity (Wildman–Crippen MR) is 117 cm³/mol. The summed E-state index contributed by atoms with van der Waals surface area (Å²) in [5, 5.41) is 3.37. The second-order valence-corrected chi connectivity index (χ2v) is 9.60. The molecule has 1 amide bonds. The molecule has 29 heavy (non-hydrogen) atoms. The maximum atomic E-state index is 13.4. The molecule has 3 nitrogen and oxygen atoms in total. The fourth-order valence-electron chi connectivity index (χ4n) is 6.15. The lowest BCUT2D eigenvalue weighted by Gasteiger charge is -2.50. The topological polar surface area (TPSA) is 32.3 Å². The Bertz CT molecular complexity index is 824. The number of amides is 1. The summed E-state index contributed by atoms with van der Waals surface area (Å²) < 4.78 is 0. The van der Waals surface area contributed by atoms with Crippen molar-refractivity contribution >= 4 is 5.91 Å². The number of aryl methyl sites for hydroxylation is 2. The van der Waals surface area contributed by atoms with Crippen molar-refractivity contribution in [3.05, 3.63) is 70.8 Å². The summed E-state index contributed by atoms with van der Waals surface area (Å²) in [5.74, 6) is 0.816. The van der Waals surface area contributed by atoms with Crippen LogP contribution in [0.1, 0.15) is 59.8 Å². The number of hydrogen-bond acceptors (Lipinski definition) is 2. The molecule has 2 atom stereocenters. The van der Waals surface area contributed by atoms with Gasteiger partial charge >= 0.3 is 0 Å². The molecular formula is C26H32N2O. The monoisotopic (exact) mass is 388 g/mol. The van der Waals surface area contributed by atoms with E-state index in [0.29, 0.717) is 0 Å². The molecule has 3 heterocycles. The zero-order valence-electron chi connectivity index (χ0n) is 17.7. The van der Waals surface area contributed by atoms with Gasteiger partial charge in [0, 0.05) is 12.1 Å². The third-order valence-electron chi connectivity index (χ3n) is 7.75. The van der Waals surface area contributed by atoms with Crippen molar-refractivity contribution in [1.82, 2.24) is 10.2 Å². The van der Waals surface area contributed by atoms with Crippen molar-refractivity contribution in [3.8, 4) is 0 Å². The first kappa shape index (κ1) is 18.9. The first-order chi connectivity index (χ1) is 14.1. The van der Waals surface area contributed by atoms with E-state index in [1.807, 2.05) is 0 Å². The number of fused-ring (bicyclic) bond motifs is 4. The van der Waals surface area contributed by atoms with Gasteiger partial charge in [-0.1, -0.05) is 59.7 Å². The number of hydrogen-bond donors (Lipinski definition) is 1. The molecule has 2 unspecified atom stereocenters. The second kappa shape index (κ2) is 7.28. The molecule has 0 radical (unpaired) electrons. The van der Waals surface area contributed by atoms with E-state index >= 15 is 0 Å². The van der Waals surface area contributed by atoms with Gasteiger partial charge < -0.3 is 5.32 Å². The molecule has 152 valence electrons. The molecule has 4 aliphatic rings. The third-order valence-corrected chi connectivity index (χ3v) is 7.75. The van der Waals surface area contributed by atoms with Crippen LogP contribution >= 0.6 is 0 Å². The molecule has 1 saturated carbocycles. The van der Waals surface area contributed by atoms with Crippen LogP contribution in [0.4, 0.5) is 0 Å². The van der Waals surface area contributed by atoms with Crippen molar-refractivity contribution in [3.63, 3.8) is 0 Å². The highest BCUT2D eigenvalue weighted by Crippen LogP contribution is 2.54. The largest absolute Gasteiger partial charge is 0.354 e. The van der Waals surface area contributed by atoms with Crippen LogP contribution in [-0.4, -0.2) is 36.0 Å². The smallest absolute Gasteiger partial charge is 0.224 e. The average molecular weight is 389 g/mol. The summed E-state index contributed by atoms with van der Waals surface area (Å²) in [6.07, 6.45) is 4.73. The number of likely N-dealkylation sites (tertiary alicyclic amines) is 1. The molecule has 2 bridgehead atoms. The molecular weight excluding hydrogens is 356 g/mol. The van der Waals surface area contributed by atoms with Crippen LogP contribution in [0.25, 0.3) is 0 Å². The van der Waals surface area contributed by atoms with Crippen LogP contribution in [0.5, 0.6) is 0 Å². The van der Waals surface area contributed by atoms with E-state index in [9.17, 15) is 4.79 Å². The van der Waals surface area contributed by atoms with Crippen molar-refractivity contribution in [2.75, 3.05) is 19.6 Å². The SMILES string of the molecule is Cc1ccc(C2CC3(N4CCCC4)CNC(=O)C2C(c2ccc(C)cc2)C3)cc1. The van der Waals surface area contributed by atoms with Crippen LogP contribution < -0.4 is 5.32 Å². The summed E-state index contributed by atoms with van der Waals surface area (Å²) in [6.45, 7) is 7.41. The van der Waals surface area contributed by atoms with E-state index in [2.05, 4.69) is 72.6 Å². The van der Waals surface area contributed by atoms with E-state index < -0.39 is 0 Å². The zero-order valence-corrected chi connectivity index (χ0v) is 17.7. The van der Waals surface area contributed by atoms with Gasteiger partial charge in [0.05, 0.1) is 5.92 Å². The van der Waals surface area contributed by atoms with E-state index in [0.717, 1.165) is 19.4 Å². The van der Waals surface area contributed by atoms with Crippen LogP contribution in [0.15, 0.2) is 48.5 Å². The molecule has 0 spiro atoms. The minimum atomic E-state index is 0.0126. The Labute approximate surface area is 174 Å². The summed E-state index contributed by atoms with van der Waals surface area (Å²) in [4.78, 5) is 16.1. The quantitative estimate of drug-likeness (QED) is 0.837. The summed E-state index contributed by atoms with van der Waals surface area (Å²) >= 11 is 0. The van der Waals surface area contributed by atoms with E-state index in [-0.39, 0.29) is 29.2 Å². The van der Waals surface area contributed by atoms with Gasteiger partial charge in [-0.25, -0.2) is 0 Å². The van der Waals surface area contributed by atoms with Crippen LogP contribution in [-0.2, 0) is 4.79 Å². The van der Waals surface area contributed by atoms with Gasteiger partial charge in [-0.05, 0) is 75.6 Å². The van der Waals surface area contributed by atoms with Crippen molar-refractivity contribution in [2.24, 2.45) is 5.92 Å². The molecule has 0 aromatic heterocycles. The summed E-state index contributed by atoms with van der Waals surface area (Å²) in [5.41, 5.74) is 5.29. The molecule has 2 aromatic carbocycles. The highest BCUT2D eigenvalue weighted by atomic mass is 16.2. The Balaban J connectivity index is 1.62. The number of carbonyl (C=O) groups excluding carboxylic acids is 1. The Morgan fingerprint density at radius 1 is 0.828 bits per heavy atom. The third kappa shape index (κ3) is 3.30. The number of nitrogens with one attached hydrogen (secondary N) is 1. The lowest BCUT2D eigenvalue weighted by molar-refractivity contribution is -0.125. The maximum Gasteiger partial charge on any atom is 0.224 e. The first-order valence-corrected chi connectivity index (χ1v) is 11.2. The molecule has 2 aromatic rings. The maximum absolute atomic E-state index is 13.4. The van der Waals surface area contributed by atoms with Crippen molar-refractivity contribution < 1.29 is 4.79 Å². The molecule has 1 N–H and O–H groups in total. The van der Waals surface area contributed by atoms with Gasteiger partial charge in [-0.3, -0.25) is 9.69 Å². The Morgan fingerprint density at radius 3 is 1.79 bits per heavy atom. The Morgan fingerprint density at radius 2 is 1.31 bits per heavy atom. The molecule has 3 heteroatoms. The lowest BCUT2D eigenvalue weighted by atomic mass is 9.61. The molecule has 4 fully saturated rings. The van der Waals surface area contributed by atoms with Gasteiger partial charge in [0.25, 0.3) is 0 Å². The van der Waals surface area contributed by atoms with E-state index in [1.165, 1.54) is 48.2 Å². The minimum Gasteiger partial charge on any atom is -0.354 e. The minimum absolute atomic E-state index is 0.0126. The van der Waals surface area contributed by atoms with Gasteiger partial charge in [0.15, 0.2) is 0 Å². The molecule has 6 rings (SSSR count). The molecule has 3 saturated heterocycles. The highest BCUT2D eigenvalue weighted by Gasteiger charge is 2.54. The summed E-state index contributed by atoms with van der Waals surface area (Å²) in [6, 6.07) is 17.9. The van der Waals surface area contributed by atoms with Gasteiger partial charge in [0.1, 0.15) is 0 Å². The van der Waals surface area contributed by atoms with Gasteiger partial charge in [-0.2, -0.15) is 0 Å². The zero-order chi connectivity index (χ0) is 20.0. The Hall–Kier alpha value is -2.13. The van der Waals surface area contributed by atoms with Crippen molar-refractivity contribution in [2.45, 2.75) is 56.9 Å². The average Bonchev–Trinajstić information content (AvgIpc) is 3.19. The van der Waals surface area contributed by atoms with Gasteiger partial charge in [-0.15, -0.1) is 0 Å². The fourth-order valence-corrected chi connectivity index (χ4v) is 6.15. The standard InChI is InChI=1S/C26H32N2O/c1-18-5-9-20(10-6-18)22-15-26(28-13-3-4-14-28)16-23(24(22)25(29)27-17-26)21-11-7-19(2)8-12-21/h5-12,22-24H,3-4,13-17H2,1-2H3,(H,27,29). The van der Waals surface area contributed by atoms with E-state index in [1.54, 1.807) is 0 Å². The molecule has 3 aliphatic heterocycles. The number of rotatable bonds is 3. The van der Waals surface area contributed by atoms with Gasteiger partial charge in [0.2, 0.25) is 5.91 Å². The lowest BCUT2D eigenvalue weighted by Crippen LogP contribution is -2.55. The number of nitrogens with zero attached hydrogens (tertiary/aromatic N) is 1. The summed E-state index contributed by atoms with van der Waals surface area (Å²) in [7, 11) is 0.